The highest BCUT2D eigenvalue weighted by atomic mass is 32.2. The molecular formula is C11H20N2O5S2. The summed E-state index contributed by atoms with van der Waals surface area (Å²) >= 11 is 0. The van der Waals surface area contributed by atoms with Crippen LogP contribution in [-0.2, 0) is 26.4 Å². The molecule has 116 valence electrons. The number of rotatable bonds is 6. The van der Waals surface area contributed by atoms with Gasteiger partial charge in [0.05, 0.1) is 5.75 Å². The first-order chi connectivity index (χ1) is 9.00. The Morgan fingerprint density at radius 3 is 2.15 bits per heavy atom. The van der Waals surface area contributed by atoms with E-state index in [1.165, 1.54) is 7.05 Å². The smallest absolute Gasteiger partial charge is 0.246 e. The van der Waals surface area contributed by atoms with E-state index in [0.717, 1.165) is 10.6 Å². The summed E-state index contributed by atoms with van der Waals surface area (Å²) in [5.74, 6) is 0.477. The quantitative estimate of drug-likeness (QED) is 0.790. The maximum absolute atomic E-state index is 12.5. The molecule has 1 aromatic heterocycles. The standard InChI is InChI=1S/C11H20N2O5S2/c1-8-10(7-12)11(9(2)18-8)20(16,17)13(3)5-6-19(4,14)15/h5-7,12H2,1-4H3. The predicted octanol–water partition coefficient (Wildman–Crippen LogP) is 0.0202. The van der Waals surface area contributed by atoms with Crippen LogP contribution in [0.2, 0.25) is 0 Å². The van der Waals surface area contributed by atoms with Crippen molar-refractivity contribution in [1.29, 1.82) is 0 Å². The van der Waals surface area contributed by atoms with E-state index in [2.05, 4.69) is 0 Å². The Hall–Kier alpha value is -0.900. The Bertz CT molecular complexity index is 689. The lowest BCUT2D eigenvalue weighted by Crippen LogP contribution is -2.32. The molecule has 1 heterocycles. The molecule has 20 heavy (non-hydrogen) atoms. The van der Waals surface area contributed by atoms with Crippen LogP contribution in [0.3, 0.4) is 0 Å². The second kappa shape index (κ2) is 5.84. The first kappa shape index (κ1) is 17.2. The van der Waals surface area contributed by atoms with Crippen LogP contribution in [0.4, 0.5) is 0 Å². The van der Waals surface area contributed by atoms with Crippen LogP contribution in [0.25, 0.3) is 0 Å². The summed E-state index contributed by atoms with van der Waals surface area (Å²) in [6.45, 7) is 3.11. The van der Waals surface area contributed by atoms with E-state index >= 15 is 0 Å². The van der Waals surface area contributed by atoms with Crippen LogP contribution < -0.4 is 5.73 Å². The molecule has 0 radical (unpaired) electrons. The summed E-state index contributed by atoms with van der Waals surface area (Å²) in [5.41, 5.74) is 5.99. The Kier molecular flexibility index (Phi) is 5.01. The van der Waals surface area contributed by atoms with Crippen LogP contribution in [0.15, 0.2) is 9.31 Å². The average Bonchev–Trinajstić information content (AvgIpc) is 2.59. The van der Waals surface area contributed by atoms with Crippen molar-refractivity contribution in [2.24, 2.45) is 5.73 Å². The fourth-order valence-corrected chi connectivity index (χ4v) is 4.16. The first-order valence-electron chi connectivity index (χ1n) is 5.93. The van der Waals surface area contributed by atoms with Gasteiger partial charge in [0, 0.05) is 32.0 Å². The maximum atomic E-state index is 12.5. The minimum atomic E-state index is -3.82. The number of sulfone groups is 1. The second-order valence-corrected chi connectivity index (χ2v) is 8.92. The molecule has 0 aliphatic rings. The molecule has 0 fully saturated rings. The van der Waals surface area contributed by atoms with Gasteiger partial charge in [-0.25, -0.2) is 16.8 Å². The number of aryl methyl sites for hydroxylation is 2. The van der Waals surface area contributed by atoms with Crippen LogP contribution in [0, 0.1) is 13.8 Å². The predicted molar refractivity (Wildman–Crippen MR) is 75.6 cm³/mol. The van der Waals surface area contributed by atoms with Gasteiger partial charge in [0.15, 0.2) is 0 Å². The Morgan fingerprint density at radius 1 is 1.15 bits per heavy atom. The molecule has 1 rings (SSSR count). The third kappa shape index (κ3) is 3.60. The van der Waals surface area contributed by atoms with E-state index in [1.54, 1.807) is 13.8 Å². The van der Waals surface area contributed by atoms with E-state index in [1.807, 2.05) is 0 Å². The van der Waals surface area contributed by atoms with E-state index in [9.17, 15) is 16.8 Å². The molecule has 0 saturated heterocycles. The third-order valence-electron chi connectivity index (χ3n) is 2.97. The zero-order valence-electron chi connectivity index (χ0n) is 12.0. The molecule has 0 aliphatic heterocycles. The van der Waals surface area contributed by atoms with Crippen molar-refractivity contribution in [3.63, 3.8) is 0 Å². The van der Waals surface area contributed by atoms with Gasteiger partial charge in [-0.1, -0.05) is 0 Å². The van der Waals surface area contributed by atoms with Gasteiger partial charge in [0.2, 0.25) is 10.0 Å². The summed E-state index contributed by atoms with van der Waals surface area (Å²) in [6, 6.07) is 0. The highest BCUT2D eigenvalue weighted by Gasteiger charge is 2.30. The molecule has 0 aliphatic carbocycles. The van der Waals surface area contributed by atoms with Crippen molar-refractivity contribution in [2.45, 2.75) is 25.3 Å². The molecule has 0 unspecified atom stereocenters. The first-order valence-corrected chi connectivity index (χ1v) is 9.43. The van der Waals surface area contributed by atoms with Crippen LogP contribution in [0.1, 0.15) is 17.1 Å². The zero-order chi connectivity index (χ0) is 15.7. The summed E-state index contributed by atoms with van der Waals surface area (Å²) in [4.78, 5) is 0.0356. The molecule has 0 spiro atoms. The van der Waals surface area contributed by atoms with E-state index in [4.69, 9.17) is 10.2 Å². The zero-order valence-corrected chi connectivity index (χ0v) is 13.6. The summed E-state index contributed by atoms with van der Waals surface area (Å²) in [5, 5.41) is 0. The Labute approximate surface area is 119 Å². The molecule has 1 aromatic rings. The third-order valence-corrected chi connectivity index (χ3v) is 5.95. The SMILES string of the molecule is Cc1oc(C)c(S(=O)(=O)N(C)CCS(C)(=O)=O)c1CN. The highest BCUT2D eigenvalue weighted by Crippen LogP contribution is 2.28. The van der Waals surface area contributed by atoms with Crippen molar-refractivity contribution in [3.8, 4) is 0 Å². The van der Waals surface area contributed by atoms with Gasteiger partial charge in [-0.05, 0) is 13.8 Å². The average molecular weight is 324 g/mol. The Balaban J connectivity index is 3.17. The molecule has 9 heteroatoms. The number of sulfonamides is 1. The molecule has 0 aromatic carbocycles. The van der Waals surface area contributed by atoms with Gasteiger partial charge < -0.3 is 10.2 Å². The minimum absolute atomic E-state index is 0.0356. The minimum Gasteiger partial charge on any atom is -0.465 e. The molecule has 0 saturated carbocycles. The van der Waals surface area contributed by atoms with Crippen LogP contribution in [0.5, 0.6) is 0 Å². The second-order valence-electron chi connectivity index (χ2n) is 4.68. The molecule has 0 atom stereocenters. The Morgan fingerprint density at radius 2 is 1.70 bits per heavy atom. The van der Waals surface area contributed by atoms with E-state index in [0.29, 0.717) is 11.3 Å². The van der Waals surface area contributed by atoms with Gasteiger partial charge in [0.1, 0.15) is 26.3 Å². The largest absolute Gasteiger partial charge is 0.465 e. The summed E-state index contributed by atoms with van der Waals surface area (Å²) < 4.78 is 53.5. The number of nitrogens with zero attached hydrogens (tertiary/aromatic N) is 1. The molecule has 0 amide bonds. The monoisotopic (exact) mass is 324 g/mol. The van der Waals surface area contributed by atoms with Crippen molar-refractivity contribution in [2.75, 3.05) is 25.6 Å². The van der Waals surface area contributed by atoms with Crippen LogP contribution in [-0.4, -0.2) is 46.7 Å². The summed E-state index contributed by atoms with van der Waals surface area (Å²) in [7, 11) is -5.72. The lowest BCUT2D eigenvalue weighted by Gasteiger charge is -2.17. The van der Waals surface area contributed by atoms with Gasteiger partial charge in [-0.15, -0.1) is 0 Å². The van der Waals surface area contributed by atoms with Gasteiger partial charge >= 0.3 is 0 Å². The number of hydrogen-bond acceptors (Lipinski definition) is 6. The van der Waals surface area contributed by atoms with E-state index < -0.39 is 19.9 Å². The lowest BCUT2D eigenvalue weighted by molar-refractivity contribution is 0.473. The topological polar surface area (TPSA) is 111 Å². The van der Waals surface area contributed by atoms with Gasteiger partial charge in [-0.3, -0.25) is 0 Å². The fourth-order valence-electron chi connectivity index (χ4n) is 1.85. The van der Waals surface area contributed by atoms with Crippen molar-refractivity contribution >= 4 is 19.9 Å². The van der Waals surface area contributed by atoms with Gasteiger partial charge in [0.25, 0.3) is 0 Å². The highest BCUT2D eigenvalue weighted by molar-refractivity contribution is 7.91. The molecular weight excluding hydrogens is 304 g/mol. The maximum Gasteiger partial charge on any atom is 0.246 e. The lowest BCUT2D eigenvalue weighted by atomic mass is 10.2. The number of nitrogens with two attached hydrogens (primary N) is 1. The number of furan rings is 1. The number of hydrogen-bond donors (Lipinski definition) is 1. The van der Waals surface area contributed by atoms with E-state index in [-0.39, 0.29) is 29.5 Å². The van der Waals surface area contributed by atoms with Crippen LogP contribution >= 0.6 is 0 Å². The van der Waals surface area contributed by atoms with Crippen molar-refractivity contribution in [1.82, 2.24) is 4.31 Å². The molecule has 2 N–H and O–H groups in total. The summed E-state index contributed by atoms with van der Waals surface area (Å²) in [6.07, 6.45) is 1.06. The normalized spacial score (nSPS) is 13.1. The fraction of sp³-hybridized carbons (Fsp3) is 0.636. The molecule has 7 nitrogen and oxygen atoms in total. The van der Waals surface area contributed by atoms with Crippen molar-refractivity contribution in [3.05, 3.63) is 17.1 Å². The van der Waals surface area contributed by atoms with Crippen molar-refractivity contribution < 1.29 is 21.3 Å². The molecule has 0 bridgehead atoms. The van der Waals surface area contributed by atoms with Gasteiger partial charge in [-0.2, -0.15) is 4.31 Å².